The molecule has 1 heterocycles. The van der Waals surface area contributed by atoms with Gasteiger partial charge in [0.2, 0.25) is 0 Å². The molecule has 5 nitrogen and oxygen atoms in total. The average Bonchev–Trinajstić information content (AvgIpc) is 2.85. The Bertz CT molecular complexity index is 542. The summed E-state index contributed by atoms with van der Waals surface area (Å²) in [6, 6.07) is 5.26. The minimum Gasteiger partial charge on any atom is -0.398 e. The van der Waals surface area contributed by atoms with Gasteiger partial charge in [-0.2, -0.15) is 4.37 Å². The first-order chi connectivity index (χ1) is 8.70. The number of amides is 1. The Hall–Kier alpha value is -1.60. The van der Waals surface area contributed by atoms with E-state index in [1.165, 1.54) is 29.6 Å². The number of nitrogen functional groups attached to an aromatic ring is 1. The van der Waals surface area contributed by atoms with E-state index in [0.29, 0.717) is 17.8 Å². The largest absolute Gasteiger partial charge is 0.398 e. The Morgan fingerprint density at radius 1 is 1.56 bits per heavy atom. The molecule has 0 atom stereocenters. The molecule has 0 bridgehead atoms. The highest BCUT2D eigenvalue weighted by Gasteiger charge is 2.09. The standard InChI is InChI=1S/C11H12N4OS2/c1-2-13-10(16)7-3-4-9(8(12)5-7)17-11-14-6-15-18-11/h3-6H,2,12H2,1H3,(H,13,16). The molecule has 1 amide bonds. The number of hydrogen-bond donors (Lipinski definition) is 2. The van der Waals surface area contributed by atoms with Crippen molar-refractivity contribution in [1.29, 1.82) is 0 Å². The van der Waals surface area contributed by atoms with Crippen molar-refractivity contribution in [2.75, 3.05) is 12.3 Å². The molecule has 3 N–H and O–H groups in total. The molecule has 7 heteroatoms. The number of nitrogens with two attached hydrogens (primary N) is 1. The van der Waals surface area contributed by atoms with E-state index in [1.807, 2.05) is 13.0 Å². The minimum absolute atomic E-state index is 0.114. The Morgan fingerprint density at radius 3 is 3.00 bits per heavy atom. The van der Waals surface area contributed by atoms with Crippen LogP contribution >= 0.6 is 23.3 Å². The summed E-state index contributed by atoms with van der Waals surface area (Å²) in [5, 5.41) is 2.73. The quantitative estimate of drug-likeness (QED) is 0.837. The van der Waals surface area contributed by atoms with Crippen LogP contribution < -0.4 is 11.1 Å². The van der Waals surface area contributed by atoms with Crippen LogP contribution in [0.15, 0.2) is 33.8 Å². The first kappa shape index (κ1) is 12.8. The van der Waals surface area contributed by atoms with E-state index in [2.05, 4.69) is 14.7 Å². The fourth-order valence-electron chi connectivity index (χ4n) is 1.35. The average molecular weight is 280 g/mol. The van der Waals surface area contributed by atoms with Gasteiger partial charge in [0.05, 0.1) is 0 Å². The van der Waals surface area contributed by atoms with Gasteiger partial charge in [-0.05, 0) is 36.7 Å². The molecule has 2 rings (SSSR count). The van der Waals surface area contributed by atoms with E-state index < -0.39 is 0 Å². The summed E-state index contributed by atoms with van der Waals surface area (Å²) in [4.78, 5) is 16.6. The van der Waals surface area contributed by atoms with Crippen molar-refractivity contribution in [3.05, 3.63) is 30.1 Å². The molecule has 0 saturated heterocycles. The van der Waals surface area contributed by atoms with Crippen LogP contribution in [0.4, 0.5) is 5.69 Å². The van der Waals surface area contributed by atoms with Crippen LogP contribution in [0.2, 0.25) is 0 Å². The van der Waals surface area contributed by atoms with Crippen molar-refractivity contribution in [3.8, 4) is 0 Å². The fraction of sp³-hybridized carbons (Fsp3) is 0.182. The van der Waals surface area contributed by atoms with Crippen molar-refractivity contribution in [2.24, 2.45) is 0 Å². The molecule has 1 aromatic heterocycles. The summed E-state index contributed by atoms with van der Waals surface area (Å²) < 4.78 is 4.75. The minimum atomic E-state index is -0.114. The van der Waals surface area contributed by atoms with Gasteiger partial charge >= 0.3 is 0 Å². The SMILES string of the molecule is CCNC(=O)c1ccc(Sc2ncns2)c(N)c1. The third kappa shape index (κ3) is 2.99. The Balaban J connectivity index is 2.17. The zero-order chi connectivity index (χ0) is 13.0. The second-order valence-electron chi connectivity index (χ2n) is 3.42. The highest BCUT2D eigenvalue weighted by molar-refractivity contribution is 8.01. The van der Waals surface area contributed by atoms with Crippen molar-refractivity contribution in [1.82, 2.24) is 14.7 Å². The number of hydrogen-bond acceptors (Lipinski definition) is 6. The zero-order valence-electron chi connectivity index (χ0n) is 9.71. The summed E-state index contributed by atoms with van der Waals surface area (Å²) in [5.41, 5.74) is 7.06. The van der Waals surface area contributed by atoms with Gasteiger partial charge in [-0.1, -0.05) is 11.8 Å². The molecule has 0 fully saturated rings. The molecule has 2 aromatic rings. The Morgan fingerprint density at radius 2 is 2.39 bits per heavy atom. The van der Waals surface area contributed by atoms with Gasteiger partial charge in [0.25, 0.3) is 5.91 Å². The maximum Gasteiger partial charge on any atom is 0.251 e. The summed E-state index contributed by atoms with van der Waals surface area (Å²) in [7, 11) is 0. The van der Waals surface area contributed by atoms with Crippen LogP contribution in [0.1, 0.15) is 17.3 Å². The van der Waals surface area contributed by atoms with Gasteiger partial charge in [0.15, 0.2) is 4.34 Å². The molecule has 0 spiro atoms. The second-order valence-corrected chi connectivity index (χ2v) is 5.49. The molecule has 0 aliphatic heterocycles. The van der Waals surface area contributed by atoms with E-state index in [0.717, 1.165) is 9.24 Å². The molecule has 18 heavy (non-hydrogen) atoms. The molecule has 1 aromatic carbocycles. The molecule has 94 valence electrons. The number of nitrogens with zero attached hydrogens (tertiary/aromatic N) is 2. The maximum atomic E-state index is 11.6. The third-order valence-corrected chi connectivity index (χ3v) is 3.95. The Kier molecular flexibility index (Phi) is 4.16. The van der Waals surface area contributed by atoms with Gasteiger partial charge in [-0.25, -0.2) is 4.98 Å². The lowest BCUT2D eigenvalue weighted by atomic mass is 10.2. The van der Waals surface area contributed by atoms with E-state index in [4.69, 9.17) is 5.73 Å². The normalized spacial score (nSPS) is 10.3. The topological polar surface area (TPSA) is 80.9 Å². The molecule has 0 aliphatic carbocycles. The van der Waals surface area contributed by atoms with Gasteiger partial charge in [-0.3, -0.25) is 4.79 Å². The van der Waals surface area contributed by atoms with E-state index in [1.54, 1.807) is 12.1 Å². The summed E-state index contributed by atoms with van der Waals surface area (Å²) in [6.07, 6.45) is 1.51. The van der Waals surface area contributed by atoms with Gasteiger partial charge < -0.3 is 11.1 Å². The highest BCUT2D eigenvalue weighted by Crippen LogP contribution is 2.32. The van der Waals surface area contributed by atoms with E-state index >= 15 is 0 Å². The molecule has 0 aliphatic rings. The number of aromatic nitrogens is 2. The predicted molar refractivity (Wildman–Crippen MR) is 72.9 cm³/mol. The first-order valence-electron chi connectivity index (χ1n) is 5.33. The van der Waals surface area contributed by atoms with Crippen LogP contribution in [-0.2, 0) is 0 Å². The van der Waals surface area contributed by atoms with Crippen LogP contribution in [0, 0.1) is 0 Å². The lowest BCUT2D eigenvalue weighted by Gasteiger charge is -2.06. The first-order valence-corrected chi connectivity index (χ1v) is 6.92. The monoisotopic (exact) mass is 280 g/mol. The molecule has 0 radical (unpaired) electrons. The third-order valence-electron chi connectivity index (χ3n) is 2.15. The number of carbonyl (C=O) groups excluding carboxylic acids is 1. The number of rotatable bonds is 4. The number of anilines is 1. The highest BCUT2D eigenvalue weighted by atomic mass is 32.2. The van der Waals surface area contributed by atoms with Crippen LogP contribution in [0.3, 0.4) is 0 Å². The van der Waals surface area contributed by atoms with Crippen LogP contribution in [0.5, 0.6) is 0 Å². The second kappa shape index (κ2) is 5.83. The maximum absolute atomic E-state index is 11.6. The summed E-state index contributed by atoms with van der Waals surface area (Å²) in [6.45, 7) is 2.47. The predicted octanol–water partition coefficient (Wildman–Crippen LogP) is 2.02. The number of carbonyl (C=O) groups is 1. The van der Waals surface area contributed by atoms with Crippen LogP contribution in [0.25, 0.3) is 0 Å². The lowest BCUT2D eigenvalue weighted by molar-refractivity contribution is 0.0956. The van der Waals surface area contributed by atoms with Gasteiger partial charge in [0.1, 0.15) is 6.33 Å². The van der Waals surface area contributed by atoms with Gasteiger partial charge in [0, 0.05) is 22.7 Å². The molecular weight excluding hydrogens is 268 g/mol. The van der Waals surface area contributed by atoms with Crippen molar-refractivity contribution in [2.45, 2.75) is 16.2 Å². The van der Waals surface area contributed by atoms with Crippen LogP contribution in [-0.4, -0.2) is 21.8 Å². The van der Waals surface area contributed by atoms with Crippen molar-refractivity contribution >= 4 is 34.9 Å². The smallest absolute Gasteiger partial charge is 0.251 e. The fourth-order valence-corrected chi connectivity index (χ4v) is 2.77. The number of nitrogens with one attached hydrogen (secondary N) is 1. The molecular formula is C11H12N4OS2. The molecule has 0 unspecified atom stereocenters. The number of benzene rings is 1. The molecule has 0 saturated carbocycles. The summed E-state index contributed by atoms with van der Waals surface area (Å²) in [5.74, 6) is -0.114. The lowest BCUT2D eigenvalue weighted by Crippen LogP contribution is -2.22. The van der Waals surface area contributed by atoms with Crippen molar-refractivity contribution < 1.29 is 4.79 Å². The Labute approximate surface area is 113 Å². The van der Waals surface area contributed by atoms with E-state index in [9.17, 15) is 4.79 Å². The van der Waals surface area contributed by atoms with E-state index in [-0.39, 0.29) is 5.91 Å². The zero-order valence-corrected chi connectivity index (χ0v) is 11.3. The van der Waals surface area contributed by atoms with Gasteiger partial charge in [-0.15, -0.1) is 0 Å². The van der Waals surface area contributed by atoms with Crippen molar-refractivity contribution in [3.63, 3.8) is 0 Å². The summed E-state index contributed by atoms with van der Waals surface area (Å²) >= 11 is 2.75.